The van der Waals surface area contributed by atoms with E-state index in [1.807, 2.05) is 14.1 Å². The summed E-state index contributed by atoms with van der Waals surface area (Å²) >= 11 is 0. The lowest BCUT2D eigenvalue weighted by Gasteiger charge is -2.43. The number of hydrogen-bond acceptors (Lipinski definition) is 4. The topological polar surface area (TPSA) is 81.8 Å². The highest BCUT2D eigenvalue weighted by Crippen LogP contribution is 2.46. The molecule has 1 aliphatic heterocycles. The Labute approximate surface area is 191 Å². The summed E-state index contributed by atoms with van der Waals surface area (Å²) in [6.45, 7) is 8.65. The summed E-state index contributed by atoms with van der Waals surface area (Å²) in [6.07, 6.45) is 3.22. The number of amides is 4. The Kier molecular flexibility index (Phi) is 6.98. The second-order valence-electron chi connectivity index (χ2n) is 10.6. The van der Waals surface area contributed by atoms with Crippen molar-refractivity contribution in [1.29, 1.82) is 0 Å². The van der Waals surface area contributed by atoms with Crippen LogP contribution in [0.5, 0.6) is 0 Å². The summed E-state index contributed by atoms with van der Waals surface area (Å²) in [4.78, 5) is 41.7. The van der Waals surface area contributed by atoms with Crippen molar-refractivity contribution in [1.82, 2.24) is 20.4 Å². The lowest BCUT2D eigenvalue weighted by molar-refractivity contribution is -0.137. The number of hydrogen-bond donors (Lipinski definition) is 2. The first-order chi connectivity index (χ1) is 15.0. The minimum atomic E-state index is -0.883. The van der Waals surface area contributed by atoms with Crippen LogP contribution in [0.1, 0.15) is 64.1 Å². The van der Waals surface area contributed by atoms with Gasteiger partial charge >= 0.3 is 6.03 Å². The molecule has 1 aliphatic carbocycles. The fourth-order valence-corrected chi connectivity index (χ4v) is 5.63. The number of nitrogens with one attached hydrogen (secondary N) is 2. The molecule has 0 radical (unpaired) electrons. The van der Waals surface area contributed by atoms with Gasteiger partial charge in [0.15, 0.2) is 0 Å². The predicted molar refractivity (Wildman–Crippen MR) is 125 cm³/mol. The maximum atomic E-state index is 13.2. The van der Waals surface area contributed by atoms with Gasteiger partial charge in [0.1, 0.15) is 12.1 Å². The third kappa shape index (κ3) is 5.14. The molecule has 7 heteroatoms. The van der Waals surface area contributed by atoms with E-state index in [9.17, 15) is 14.4 Å². The maximum absolute atomic E-state index is 13.2. The Morgan fingerprint density at radius 2 is 1.88 bits per heavy atom. The van der Waals surface area contributed by atoms with Gasteiger partial charge in [0, 0.05) is 6.54 Å². The number of benzene rings is 1. The highest BCUT2D eigenvalue weighted by Gasteiger charge is 2.56. The van der Waals surface area contributed by atoms with Crippen LogP contribution >= 0.6 is 0 Å². The van der Waals surface area contributed by atoms with Crippen molar-refractivity contribution in [3.63, 3.8) is 0 Å². The molecule has 2 aliphatic rings. The summed E-state index contributed by atoms with van der Waals surface area (Å²) < 4.78 is 0. The molecule has 32 heavy (non-hydrogen) atoms. The molecule has 1 spiro atoms. The van der Waals surface area contributed by atoms with Crippen LogP contribution in [0.3, 0.4) is 0 Å². The van der Waals surface area contributed by atoms with Crippen molar-refractivity contribution in [2.75, 3.05) is 27.2 Å². The quantitative estimate of drug-likeness (QED) is 0.636. The monoisotopic (exact) mass is 442 g/mol. The summed E-state index contributed by atoms with van der Waals surface area (Å²) in [7, 11) is 3.94. The van der Waals surface area contributed by atoms with Gasteiger partial charge in [-0.1, -0.05) is 52.0 Å². The van der Waals surface area contributed by atoms with Crippen LogP contribution in [-0.4, -0.2) is 60.4 Å². The molecule has 3 atom stereocenters. The minimum absolute atomic E-state index is 0.000650. The van der Waals surface area contributed by atoms with Crippen LogP contribution in [0.15, 0.2) is 24.3 Å². The van der Waals surface area contributed by atoms with Gasteiger partial charge in [-0.2, -0.15) is 0 Å². The molecule has 7 nitrogen and oxygen atoms in total. The number of likely N-dealkylation sites (N-methyl/N-ethyl adjacent to an activating group) is 1. The van der Waals surface area contributed by atoms with E-state index in [0.717, 1.165) is 23.3 Å². The van der Waals surface area contributed by atoms with Crippen LogP contribution in [0.2, 0.25) is 0 Å². The summed E-state index contributed by atoms with van der Waals surface area (Å²) in [6, 6.07) is 7.92. The molecule has 1 saturated carbocycles. The largest absolute Gasteiger partial charge is 0.353 e. The van der Waals surface area contributed by atoms with Gasteiger partial charge < -0.3 is 15.5 Å². The molecule has 1 aromatic carbocycles. The van der Waals surface area contributed by atoms with E-state index in [-0.39, 0.29) is 29.8 Å². The predicted octanol–water partition coefficient (Wildman–Crippen LogP) is 3.10. The van der Waals surface area contributed by atoms with E-state index in [1.54, 1.807) is 0 Å². The zero-order chi connectivity index (χ0) is 23.7. The highest BCUT2D eigenvalue weighted by atomic mass is 16.2. The Balaban J connectivity index is 1.63. The van der Waals surface area contributed by atoms with E-state index in [1.165, 1.54) is 5.56 Å². The normalized spacial score (nSPS) is 25.8. The van der Waals surface area contributed by atoms with Gasteiger partial charge in [-0.15, -0.1) is 0 Å². The van der Waals surface area contributed by atoms with Crippen molar-refractivity contribution in [2.24, 2.45) is 11.3 Å². The molecule has 3 rings (SSSR count). The third-order valence-corrected chi connectivity index (χ3v) is 6.81. The van der Waals surface area contributed by atoms with Gasteiger partial charge in [-0.05, 0) is 62.2 Å². The lowest BCUT2D eigenvalue weighted by atomic mass is 9.64. The van der Waals surface area contributed by atoms with Crippen LogP contribution in [0, 0.1) is 11.3 Å². The number of rotatable bonds is 7. The van der Waals surface area contributed by atoms with E-state index < -0.39 is 11.6 Å². The van der Waals surface area contributed by atoms with Crippen molar-refractivity contribution >= 4 is 17.8 Å². The Bertz CT molecular complexity index is 864. The Morgan fingerprint density at radius 3 is 2.44 bits per heavy atom. The van der Waals surface area contributed by atoms with Crippen LogP contribution in [-0.2, 0) is 16.0 Å². The molecule has 0 bridgehead atoms. The fraction of sp³-hybridized carbons (Fsp3) is 0.640. The second-order valence-corrected chi connectivity index (χ2v) is 10.6. The van der Waals surface area contributed by atoms with Gasteiger partial charge in [-0.3, -0.25) is 14.5 Å². The van der Waals surface area contributed by atoms with E-state index >= 15 is 0 Å². The summed E-state index contributed by atoms with van der Waals surface area (Å²) in [5.41, 5.74) is 1.46. The van der Waals surface area contributed by atoms with Gasteiger partial charge in [0.25, 0.3) is 5.91 Å². The molecular weight excluding hydrogens is 404 g/mol. The lowest BCUT2D eigenvalue weighted by Crippen LogP contribution is -2.54. The number of carbonyl (C=O) groups is 3. The first-order valence-electron chi connectivity index (χ1n) is 11.6. The number of nitrogens with zero attached hydrogens (tertiary/aromatic N) is 2. The standard InChI is InChI=1S/C25H38N4O3/c1-7-18-8-10-19(11-9-18)20(28(5)6)14-26-21(30)15-29-22(31)25(27-23(29)32)13-17(2)12-24(3,4)16-25/h8-11,17,20H,7,12-16H2,1-6H3,(H,26,30)(H,27,32). The molecule has 1 saturated heterocycles. The number of aryl methyl sites for hydroxylation is 1. The summed E-state index contributed by atoms with van der Waals surface area (Å²) in [5, 5.41) is 5.85. The molecule has 2 N–H and O–H groups in total. The number of urea groups is 1. The molecule has 4 amide bonds. The zero-order valence-electron chi connectivity index (χ0n) is 20.3. The Hall–Kier alpha value is -2.41. The van der Waals surface area contributed by atoms with Crippen molar-refractivity contribution in [3.8, 4) is 0 Å². The Morgan fingerprint density at radius 1 is 1.22 bits per heavy atom. The fourth-order valence-electron chi connectivity index (χ4n) is 5.63. The second kappa shape index (κ2) is 9.22. The zero-order valence-corrected chi connectivity index (χ0v) is 20.3. The first kappa shape index (κ1) is 24.2. The van der Waals surface area contributed by atoms with E-state index in [0.29, 0.717) is 25.3 Å². The average molecular weight is 443 g/mol. The molecule has 2 fully saturated rings. The summed E-state index contributed by atoms with van der Waals surface area (Å²) in [5.74, 6) is -0.265. The number of carbonyl (C=O) groups excluding carboxylic acids is 3. The maximum Gasteiger partial charge on any atom is 0.325 e. The van der Waals surface area contributed by atoms with Crippen LogP contribution in [0.25, 0.3) is 0 Å². The molecule has 176 valence electrons. The van der Waals surface area contributed by atoms with Crippen LogP contribution in [0.4, 0.5) is 4.79 Å². The first-order valence-corrected chi connectivity index (χ1v) is 11.6. The molecule has 3 unspecified atom stereocenters. The minimum Gasteiger partial charge on any atom is -0.353 e. The molecule has 1 heterocycles. The average Bonchev–Trinajstić information content (AvgIpc) is 2.90. The van der Waals surface area contributed by atoms with Gasteiger partial charge in [-0.25, -0.2) is 4.79 Å². The highest BCUT2D eigenvalue weighted by molar-refractivity contribution is 6.09. The van der Waals surface area contributed by atoms with E-state index in [2.05, 4.69) is 67.5 Å². The van der Waals surface area contributed by atoms with Gasteiger partial charge in [0.05, 0.1) is 6.04 Å². The van der Waals surface area contributed by atoms with Crippen molar-refractivity contribution in [3.05, 3.63) is 35.4 Å². The SMILES string of the molecule is CCc1ccc(C(CNC(=O)CN2C(=O)NC3(CC(C)CC(C)(C)C3)C2=O)N(C)C)cc1. The number of imide groups is 1. The molecule has 0 aromatic heterocycles. The molecular formula is C25H38N4O3. The third-order valence-electron chi connectivity index (χ3n) is 6.81. The van der Waals surface area contributed by atoms with Crippen LogP contribution < -0.4 is 10.6 Å². The van der Waals surface area contributed by atoms with E-state index in [4.69, 9.17) is 0 Å². The smallest absolute Gasteiger partial charge is 0.325 e. The molecule has 1 aromatic rings. The van der Waals surface area contributed by atoms with Crippen molar-refractivity contribution in [2.45, 2.75) is 65.0 Å². The van der Waals surface area contributed by atoms with Gasteiger partial charge in [0.2, 0.25) is 5.91 Å². The van der Waals surface area contributed by atoms with Crippen molar-refractivity contribution < 1.29 is 14.4 Å².